The van der Waals surface area contributed by atoms with Crippen LogP contribution in [0.5, 0.6) is 0 Å². The standard InChI is InChI=1S/C10H14N6S/c1-7-3-9(14-10(13-7)15-11)16(2)4-8-5-17-6-12-8/h3,5-6H,4,11H2,1-2H3,(H,13,14,15). The Bertz CT molecular complexity index is 484. The Morgan fingerprint density at radius 2 is 2.29 bits per heavy atom. The van der Waals surface area contributed by atoms with Crippen LogP contribution < -0.4 is 16.2 Å². The minimum atomic E-state index is 0.421. The highest BCUT2D eigenvalue weighted by molar-refractivity contribution is 7.07. The largest absolute Gasteiger partial charge is 0.354 e. The second-order valence-corrected chi connectivity index (χ2v) is 4.39. The number of nitrogen functional groups attached to an aromatic ring is 1. The van der Waals surface area contributed by atoms with Gasteiger partial charge >= 0.3 is 0 Å². The molecule has 2 rings (SSSR count). The summed E-state index contributed by atoms with van der Waals surface area (Å²) in [6.45, 7) is 2.62. The predicted molar refractivity (Wildman–Crippen MR) is 68.8 cm³/mol. The Morgan fingerprint density at radius 1 is 1.47 bits per heavy atom. The number of rotatable bonds is 4. The third-order valence-corrected chi connectivity index (χ3v) is 2.88. The van der Waals surface area contributed by atoms with Gasteiger partial charge in [-0.2, -0.15) is 4.98 Å². The van der Waals surface area contributed by atoms with Crippen LogP contribution in [0.4, 0.5) is 11.8 Å². The Kier molecular flexibility index (Phi) is 3.50. The first kappa shape index (κ1) is 11.7. The zero-order chi connectivity index (χ0) is 12.3. The number of nitrogens with two attached hydrogens (primary N) is 1. The van der Waals surface area contributed by atoms with E-state index in [0.29, 0.717) is 12.5 Å². The average Bonchev–Trinajstić information content (AvgIpc) is 2.81. The number of hydrazine groups is 1. The summed E-state index contributed by atoms with van der Waals surface area (Å²) in [5, 5.41) is 2.02. The SMILES string of the molecule is Cc1cc(N(C)Cc2cscn2)nc(NN)n1. The van der Waals surface area contributed by atoms with Crippen molar-refractivity contribution in [1.82, 2.24) is 15.0 Å². The molecule has 0 aromatic carbocycles. The van der Waals surface area contributed by atoms with Crippen molar-refractivity contribution in [2.24, 2.45) is 5.84 Å². The monoisotopic (exact) mass is 250 g/mol. The molecule has 7 heteroatoms. The van der Waals surface area contributed by atoms with E-state index < -0.39 is 0 Å². The van der Waals surface area contributed by atoms with Gasteiger partial charge in [-0.25, -0.2) is 15.8 Å². The summed E-state index contributed by atoms with van der Waals surface area (Å²) in [6, 6.07) is 1.91. The quantitative estimate of drug-likeness (QED) is 0.626. The Hall–Kier alpha value is -1.73. The Labute approximate surface area is 104 Å². The number of anilines is 2. The maximum Gasteiger partial charge on any atom is 0.239 e. The Balaban J connectivity index is 2.18. The third-order valence-electron chi connectivity index (χ3n) is 2.24. The van der Waals surface area contributed by atoms with Crippen molar-refractivity contribution < 1.29 is 0 Å². The maximum absolute atomic E-state index is 5.32. The van der Waals surface area contributed by atoms with E-state index in [4.69, 9.17) is 5.84 Å². The number of nitrogens with one attached hydrogen (secondary N) is 1. The van der Waals surface area contributed by atoms with Crippen molar-refractivity contribution in [3.05, 3.63) is 28.3 Å². The molecule has 2 heterocycles. The lowest BCUT2D eigenvalue weighted by atomic mass is 10.4. The first-order valence-electron chi connectivity index (χ1n) is 5.09. The predicted octanol–water partition coefficient (Wildman–Crippen LogP) is 1.16. The van der Waals surface area contributed by atoms with Crippen LogP contribution in [0.15, 0.2) is 17.0 Å². The summed E-state index contributed by atoms with van der Waals surface area (Å²) in [4.78, 5) is 14.7. The molecule has 0 saturated carbocycles. The number of thiazole rings is 1. The van der Waals surface area contributed by atoms with E-state index in [1.54, 1.807) is 11.3 Å². The molecule has 0 aliphatic carbocycles. The molecule has 0 amide bonds. The van der Waals surface area contributed by atoms with Gasteiger partial charge in [0.15, 0.2) is 0 Å². The number of nitrogens with zero attached hydrogens (tertiary/aromatic N) is 4. The van der Waals surface area contributed by atoms with Gasteiger partial charge in [0.2, 0.25) is 5.95 Å². The van der Waals surface area contributed by atoms with Crippen molar-refractivity contribution in [3.63, 3.8) is 0 Å². The lowest BCUT2D eigenvalue weighted by Gasteiger charge is -2.17. The van der Waals surface area contributed by atoms with Crippen LogP contribution in [-0.4, -0.2) is 22.0 Å². The normalized spacial score (nSPS) is 10.3. The number of hydrogen-bond acceptors (Lipinski definition) is 7. The van der Waals surface area contributed by atoms with Crippen LogP contribution in [0.1, 0.15) is 11.4 Å². The molecule has 0 saturated heterocycles. The van der Waals surface area contributed by atoms with Crippen molar-refractivity contribution in [3.8, 4) is 0 Å². The summed E-state index contributed by atoms with van der Waals surface area (Å²) >= 11 is 1.58. The molecule has 0 spiro atoms. The molecule has 0 unspecified atom stereocenters. The van der Waals surface area contributed by atoms with Gasteiger partial charge in [0, 0.05) is 24.2 Å². The molecule has 0 fully saturated rings. The molecule has 2 aromatic rings. The fourth-order valence-electron chi connectivity index (χ4n) is 1.45. The van der Waals surface area contributed by atoms with E-state index in [-0.39, 0.29) is 0 Å². The van der Waals surface area contributed by atoms with Crippen molar-refractivity contribution >= 4 is 23.1 Å². The summed E-state index contributed by atoms with van der Waals surface area (Å²) in [6.07, 6.45) is 0. The van der Waals surface area contributed by atoms with Crippen LogP contribution in [0.3, 0.4) is 0 Å². The van der Waals surface area contributed by atoms with Gasteiger partial charge in [-0.3, -0.25) is 5.43 Å². The van der Waals surface area contributed by atoms with Crippen molar-refractivity contribution in [1.29, 1.82) is 0 Å². The molecular formula is C10H14N6S. The van der Waals surface area contributed by atoms with E-state index in [9.17, 15) is 0 Å². The summed E-state index contributed by atoms with van der Waals surface area (Å²) in [5.74, 6) is 6.56. The molecule has 0 aliphatic rings. The first-order valence-corrected chi connectivity index (χ1v) is 6.04. The van der Waals surface area contributed by atoms with Crippen LogP contribution in [0.2, 0.25) is 0 Å². The van der Waals surface area contributed by atoms with E-state index in [0.717, 1.165) is 17.2 Å². The molecule has 6 nitrogen and oxygen atoms in total. The minimum Gasteiger partial charge on any atom is -0.354 e. The van der Waals surface area contributed by atoms with Gasteiger partial charge in [0.1, 0.15) is 5.82 Å². The van der Waals surface area contributed by atoms with Gasteiger partial charge in [0.05, 0.1) is 17.7 Å². The molecule has 0 bridgehead atoms. The highest BCUT2D eigenvalue weighted by atomic mass is 32.1. The third kappa shape index (κ3) is 2.89. The molecule has 3 N–H and O–H groups in total. The van der Waals surface area contributed by atoms with E-state index in [2.05, 4.69) is 20.4 Å². The van der Waals surface area contributed by atoms with Crippen molar-refractivity contribution in [2.45, 2.75) is 13.5 Å². The molecule has 17 heavy (non-hydrogen) atoms. The molecular weight excluding hydrogens is 236 g/mol. The van der Waals surface area contributed by atoms with Gasteiger partial charge in [0.25, 0.3) is 0 Å². The van der Waals surface area contributed by atoms with E-state index in [1.165, 1.54) is 0 Å². The molecule has 0 radical (unpaired) electrons. The smallest absolute Gasteiger partial charge is 0.239 e. The lowest BCUT2D eigenvalue weighted by molar-refractivity contribution is 0.865. The van der Waals surface area contributed by atoms with Crippen molar-refractivity contribution in [2.75, 3.05) is 17.4 Å². The highest BCUT2D eigenvalue weighted by Gasteiger charge is 2.07. The highest BCUT2D eigenvalue weighted by Crippen LogP contribution is 2.15. The number of aromatic nitrogens is 3. The van der Waals surface area contributed by atoms with E-state index >= 15 is 0 Å². The summed E-state index contributed by atoms with van der Waals surface area (Å²) in [5.41, 5.74) is 6.17. The molecule has 0 aliphatic heterocycles. The summed E-state index contributed by atoms with van der Waals surface area (Å²) in [7, 11) is 1.96. The van der Waals surface area contributed by atoms with Gasteiger partial charge in [-0.15, -0.1) is 11.3 Å². The summed E-state index contributed by atoms with van der Waals surface area (Å²) < 4.78 is 0. The van der Waals surface area contributed by atoms with Gasteiger partial charge in [-0.05, 0) is 6.92 Å². The first-order chi connectivity index (χ1) is 8.19. The minimum absolute atomic E-state index is 0.421. The molecule has 2 aromatic heterocycles. The van der Waals surface area contributed by atoms with Gasteiger partial charge < -0.3 is 4.90 Å². The molecule has 90 valence electrons. The topological polar surface area (TPSA) is 80.0 Å². The molecule has 0 atom stereocenters. The zero-order valence-corrected chi connectivity index (χ0v) is 10.5. The van der Waals surface area contributed by atoms with E-state index in [1.807, 2.05) is 35.8 Å². The van der Waals surface area contributed by atoms with Crippen LogP contribution in [0.25, 0.3) is 0 Å². The fraction of sp³-hybridized carbons (Fsp3) is 0.300. The van der Waals surface area contributed by atoms with Crippen LogP contribution in [-0.2, 0) is 6.54 Å². The van der Waals surface area contributed by atoms with Gasteiger partial charge in [-0.1, -0.05) is 0 Å². The maximum atomic E-state index is 5.32. The second-order valence-electron chi connectivity index (χ2n) is 3.67. The van der Waals surface area contributed by atoms with Crippen LogP contribution in [0, 0.1) is 6.92 Å². The lowest BCUT2D eigenvalue weighted by Crippen LogP contribution is -2.20. The average molecular weight is 250 g/mol. The second kappa shape index (κ2) is 5.07. The number of hydrogen-bond donors (Lipinski definition) is 2. The van der Waals surface area contributed by atoms with Crippen LogP contribution >= 0.6 is 11.3 Å². The fourth-order valence-corrected chi connectivity index (χ4v) is 2.00. The number of aryl methyl sites for hydroxylation is 1. The Morgan fingerprint density at radius 3 is 2.94 bits per heavy atom. The zero-order valence-electron chi connectivity index (χ0n) is 9.71.